The smallest absolute Gasteiger partial charge is 0.307 e. The molecule has 2 rings (SSSR count). The molecule has 118 valence electrons. The highest BCUT2D eigenvalue weighted by atomic mass is 16.6. The van der Waals surface area contributed by atoms with Crippen LogP contribution in [-0.2, 0) is 9.53 Å². The molecule has 0 amide bonds. The van der Waals surface area contributed by atoms with Crippen LogP contribution in [0.5, 0.6) is 0 Å². The van der Waals surface area contributed by atoms with E-state index in [9.17, 15) is 14.9 Å². The molecule has 0 aliphatic carbocycles. The molecular weight excluding hydrogens is 284 g/mol. The minimum atomic E-state index is -0.404. The van der Waals surface area contributed by atoms with Gasteiger partial charge in [0.15, 0.2) is 0 Å². The molecule has 0 bridgehead atoms. The van der Waals surface area contributed by atoms with Crippen molar-refractivity contribution in [2.75, 3.05) is 6.61 Å². The zero-order valence-electron chi connectivity index (χ0n) is 12.8. The second-order valence-corrected chi connectivity index (χ2v) is 5.17. The lowest BCUT2D eigenvalue weighted by Gasteiger charge is -2.18. The highest BCUT2D eigenvalue weighted by molar-refractivity contribution is 5.83. The molecule has 2 aromatic rings. The number of fused-ring (bicyclic) bond motifs is 1. The molecule has 1 atom stereocenters. The average molecular weight is 304 g/mol. The van der Waals surface area contributed by atoms with Gasteiger partial charge in [0.25, 0.3) is 5.69 Å². The lowest BCUT2D eigenvalue weighted by molar-refractivity contribution is -0.384. The fraction of sp³-hybridized carbons (Fsp3) is 0.438. The van der Waals surface area contributed by atoms with Crippen molar-refractivity contribution in [2.45, 2.75) is 39.2 Å². The van der Waals surface area contributed by atoms with Gasteiger partial charge >= 0.3 is 5.97 Å². The van der Waals surface area contributed by atoms with Gasteiger partial charge in [0, 0.05) is 35.3 Å². The molecule has 0 N–H and O–H groups in total. The van der Waals surface area contributed by atoms with E-state index in [1.54, 1.807) is 19.1 Å². The predicted molar refractivity (Wildman–Crippen MR) is 83.8 cm³/mol. The summed E-state index contributed by atoms with van der Waals surface area (Å²) >= 11 is 0. The number of benzene rings is 1. The third kappa shape index (κ3) is 3.44. The quantitative estimate of drug-likeness (QED) is 0.442. The molecule has 0 saturated heterocycles. The minimum Gasteiger partial charge on any atom is -0.466 e. The van der Waals surface area contributed by atoms with Crippen molar-refractivity contribution < 1.29 is 14.5 Å². The zero-order valence-corrected chi connectivity index (χ0v) is 12.8. The predicted octanol–water partition coefficient (Wildman–Crippen LogP) is 3.84. The Bertz CT molecular complexity index is 678. The molecule has 0 fully saturated rings. The molecule has 1 unspecified atom stereocenters. The summed E-state index contributed by atoms with van der Waals surface area (Å²) < 4.78 is 7.05. The van der Waals surface area contributed by atoms with Crippen molar-refractivity contribution in [3.05, 3.63) is 40.6 Å². The Morgan fingerprint density at radius 2 is 2.14 bits per heavy atom. The summed E-state index contributed by atoms with van der Waals surface area (Å²) in [6.07, 6.45) is 3.98. The normalized spacial score (nSPS) is 12.3. The Morgan fingerprint density at radius 3 is 2.77 bits per heavy atom. The molecule has 0 saturated carbocycles. The molecular formula is C16H20N2O4. The number of nitro groups is 1. The highest BCUT2D eigenvalue weighted by Gasteiger charge is 2.18. The van der Waals surface area contributed by atoms with Crippen molar-refractivity contribution in [1.29, 1.82) is 0 Å². The van der Waals surface area contributed by atoms with Crippen LogP contribution in [0.4, 0.5) is 5.69 Å². The van der Waals surface area contributed by atoms with Crippen LogP contribution in [0.25, 0.3) is 10.9 Å². The molecule has 0 spiro atoms. The van der Waals surface area contributed by atoms with Gasteiger partial charge in [-0.25, -0.2) is 0 Å². The number of nitro benzene ring substituents is 1. The van der Waals surface area contributed by atoms with E-state index in [4.69, 9.17) is 4.74 Å². The molecule has 0 aliphatic heterocycles. The van der Waals surface area contributed by atoms with Crippen molar-refractivity contribution in [3.63, 3.8) is 0 Å². The van der Waals surface area contributed by atoms with Gasteiger partial charge < -0.3 is 9.30 Å². The first-order valence-corrected chi connectivity index (χ1v) is 7.47. The number of carbonyl (C=O) groups excluding carboxylic acids is 1. The largest absolute Gasteiger partial charge is 0.466 e. The summed E-state index contributed by atoms with van der Waals surface area (Å²) in [5.41, 5.74) is 0.969. The number of nitrogens with zero attached hydrogens (tertiary/aromatic N) is 2. The summed E-state index contributed by atoms with van der Waals surface area (Å²) in [6, 6.07) is 6.63. The Hall–Kier alpha value is -2.37. The van der Waals surface area contributed by atoms with Gasteiger partial charge in [-0.15, -0.1) is 0 Å². The van der Waals surface area contributed by atoms with E-state index < -0.39 is 4.92 Å². The lowest BCUT2D eigenvalue weighted by atomic mass is 10.1. The van der Waals surface area contributed by atoms with Crippen molar-refractivity contribution in [3.8, 4) is 0 Å². The van der Waals surface area contributed by atoms with Crippen LogP contribution in [0.15, 0.2) is 30.5 Å². The topological polar surface area (TPSA) is 74.4 Å². The van der Waals surface area contributed by atoms with Gasteiger partial charge in [0.2, 0.25) is 0 Å². The van der Waals surface area contributed by atoms with Crippen LogP contribution >= 0.6 is 0 Å². The number of aromatic nitrogens is 1. The summed E-state index contributed by atoms with van der Waals surface area (Å²) in [6.45, 7) is 4.22. The summed E-state index contributed by atoms with van der Waals surface area (Å²) in [5.74, 6) is -0.218. The van der Waals surface area contributed by atoms with E-state index in [1.165, 1.54) is 6.07 Å². The number of carbonyl (C=O) groups is 1. The maximum atomic E-state index is 11.8. The SMILES string of the molecule is CCCC(CC(=O)OCC)n1ccc2cc([N+](=O)[O-])ccc21. The number of ether oxygens (including phenoxy) is 1. The molecule has 1 heterocycles. The van der Waals surface area contributed by atoms with Crippen LogP contribution in [0.2, 0.25) is 0 Å². The fourth-order valence-corrected chi connectivity index (χ4v) is 2.67. The number of rotatable bonds is 7. The van der Waals surface area contributed by atoms with Crippen molar-refractivity contribution in [2.24, 2.45) is 0 Å². The summed E-state index contributed by atoms with van der Waals surface area (Å²) in [7, 11) is 0. The van der Waals surface area contributed by atoms with Crippen LogP contribution in [0.1, 0.15) is 39.2 Å². The van der Waals surface area contributed by atoms with E-state index in [-0.39, 0.29) is 17.7 Å². The zero-order chi connectivity index (χ0) is 16.1. The number of hydrogen-bond donors (Lipinski definition) is 0. The Kier molecular flexibility index (Phi) is 5.14. The van der Waals surface area contributed by atoms with Crippen LogP contribution in [0, 0.1) is 10.1 Å². The monoisotopic (exact) mass is 304 g/mol. The van der Waals surface area contributed by atoms with Crippen LogP contribution in [-0.4, -0.2) is 22.1 Å². The number of esters is 1. The summed E-state index contributed by atoms with van der Waals surface area (Å²) in [4.78, 5) is 22.2. The molecule has 1 aromatic heterocycles. The van der Waals surface area contributed by atoms with Gasteiger partial charge in [0.1, 0.15) is 0 Å². The van der Waals surface area contributed by atoms with Gasteiger partial charge in [-0.2, -0.15) is 0 Å². The minimum absolute atomic E-state index is 0.00278. The molecule has 22 heavy (non-hydrogen) atoms. The van der Waals surface area contributed by atoms with Gasteiger partial charge in [0.05, 0.1) is 18.0 Å². The van der Waals surface area contributed by atoms with Crippen molar-refractivity contribution in [1.82, 2.24) is 4.57 Å². The first-order valence-electron chi connectivity index (χ1n) is 7.47. The molecule has 6 nitrogen and oxygen atoms in total. The standard InChI is InChI=1S/C16H20N2O4/c1-3-5-13(11-16(19)22-4-2)17-9-8-12-10-14(18(20)21)6-7-15(12)17/h6-10,13H,3-5,11H2,1-2H3. The lowest BCUT2D eigenvalue weighted by Crippen LogP contribution is -2.15. The van der Waals surface area contributed by atoms with Gasteiger partial charge in [-0.05, 0) is 25.5 Å². The maximum absolute atomic E-state index is 11.8. The second-order valence-electron chi connectivity index (χ2n) is 5.17. The van der Waals surface area contributed by atoms with Gasteiger partial charge in [-0.1, -0.05) is 13.3 Å². The van der Waals surface area contributed by atoms with E-state index in [0.29, 0.717) is 13.0 Å². The third-order valence-corrected chi connectivity index (χ3v) is 3.64. The summed E-state index contributed by atoms with van der Waals surface area (Å²) in [5, 5.41) is 11.6. The maximum Gasteiger partial charge on any atom is 0.307 e. The molecule has 0 radical (unpaired) electrons. The van der Waals surface area contributed by atoms with E-state index in [1.807, 2.05) is 16.8 Å². The van der Waals surface area contributed by atoms with Crippen LogP contribution in [0.3, 0.4) is 0 Å². The van der Waals surface area contributed by atoms with Crippen LogP contribution < -0.4 is 0 Å². The van der Waals surface area contributed by atoms with E-state index in [0.717, 1.165) is 23.7 Å². The average Bonchev–Trinajstić information content (AvgIpc) is 2.89. The van der Waals surface area contributed by atoms with E-state index >= 15 is 0 Å². The molecule has 6 heteroatoms. The fourth-order valence-electron chi connectivity index (χ4n) is 2.67. The Morgan fingerprint density at radius 1 is 1.36 bits per heavy atom. The Labute approximate surface area is 128 Å². The number of hydrogen-bond acceptors (Lipinski definition) is 4. The van der Waals surface area contributed by atoms with E-state index in [2.05, 4.69) is 6.92 Å². The first-order chi connectivity index (χ1) is 10.6. The molecule has 0 aliphatic rings. The first kappa shape index (κ1) is 16.0. The number of non-ortho nitro benzene ring substituents is 1. The van der Waals surface area contributed by atoms with Crippen molar-refractivity contribution >= 4 is 22.6 Å². The third-order valence-electron chi connectivity index (χ3n) is 3.64. The molecule has 1 aromatic carbocycles. The highest BCUT2D eigenvalue weighted by Crippen LogP contribution is 2.28. The van der Waals surface area contributed by atoms with Gasteiger partial charge in [-0.3, -0.25) is 14.9 Å². The second kappa shape index (κ2) is 7.06. The Balaban J connectivity index is 2.33.